The summed E-state index contributed by atoms with van der Waals surface area (Å²) in [6, 6.07) is 6.16. The molecule has 1 saturated heterocycles. The predicted octanol–water partition coefficient (Wildman–Crippen LogP) is 0.866. The fourth-order valence-corrected chi connectivity index (χ4v) is 1.75. The fourth-order valence-electron chi connectivity index (χ4n) is 1.75. The van der Waals surface area contributed by atoms with Gasteiger partial charge in [-0.25, -0.2) is 4.79 Å². The van der Waals surface area contributed by atoms with Crippen LogP contribution in [0.1, 0.15) is 30.1 Å². The SMILES string of the molecule is CC(=O)Nc1ccccc1C(=O)ON1C(=O)CCC1=O. The standard InChI is InChI=1S/C13H12N2O5/c1-8(16)14-10-5-3-2-4-9(10)13(19)20-15-11(17)6-7-12(15)18/h2-5H,6-7H2,1H3,(H,14,16). The minimum absolute atomic E-state index is 0.0272. The Morgan fingerprint density at radius 2 is 1.75 bits per heavy atom. The molecular weight excluding hydrogens is 264 g/mol. The van der Waals surface area contributed by atoms with Crippen molar-refractivity contribution in [2.75, 3.05) is 5.32 Å². The third kappa shape index (κ3) is 2.82. The van der Waals surface area contributed by atoms with E-state index < -0.39 is 17.8 Å². The van der Waals surface area contributed by atoms with Gasteiger partial charge < -0.3 is 10.2 Å². The summed E-state index contributed by atoms with van der Waals surface area (Å²) in [5, 5.41) is 2.94. The Kier molecular flexibility index (Phi) is 3.79. The molecule has 1 N–H and O–H groups in total. The first-order valence-corrected chi connectivity index (χ1v) is 5.93. The highest BCUT2D eigenvalue weighted by atomic mass is 16.7. The van der Waals surface area contributed by atoms with Gasteiger partial charge in [-0.05, 0) is 12.1 Å². The predicted molar refractivity (Wildman–Crippen MR) is 67.2 cm³/mol. The molecule has 0 bridgehead atoms. The van der Waals surface area contributed by atoms with Crippen LogP contribution in [-0.2, 0) is 19.2 Å². The van der Waals surface area contributed by atoms with Gasteiger partial charge >= 0.3 is 5.97 Å². The van der Waals surface area contributed by atoms with E-state index in [2.05, 4.69) is 5.32 Å². The normalized spacial score (nSPS) is 14.3. The summed E-state index contributed by atoms with van der Waals surface area (Å²) in [4.78, 5) is 50.6. The van der Waals surface area contributed by atoms with Gasteiger partial charge in [0.05, 0.1) is 11.3 Å². The summed E-state index contributed by atoms with van der Waals surface area (Å²) in [6.45, 7) is 1.30. The zero-order valence-corrected chi connectivity index (χ0v) is 10.7. The van der Waals surface area contributed by atoms with Crippen molar-refractivity contribution in [1.82, 2.24) is 5.06 Å². The van der Waals surface area contributed by atoms with Crippen LogP contribution in [0.25, 0.3) is 0 Å². The van der Waals surface area contributed by atoms with E-state index in [4.69, 9.17) is 4.84 Å². The Labute approximate surface area is 114 Å². The average Bonchev–Trinajstić information content (AvgIpc) is 2.70. The fraction of sp³-hybridized carbons (Fsp3) is 0.231. The van der Waals surface area contributed by atoms with E-state index in [1.165, 1.54) is 19.1 Å². The van der Waals surface area contributed by atoms with E-state index in [9.17, 15) is 19.2 Å². The Bertz CT molecular complexity index is 580. The van der Waals surface area contributed by atoms with E-state index in [-0.39, 0.29) is 30.0 Å². The molecule has 7 nitrogen and oxygen atoms in total. The molecule has 0 saturated carbocycles. The van der Waals surface area contributed by atoms with Gasteiger partial charge in [0, 0.05) is 19.8 Å². The molecule has 0 unspecified atom stereocenters. The minimum atomic E-state index is -0.877. The van der Waals surface area contributed by atoms with Gasteiger partial charge in [0.15, 0.2) is 0 Å². The lowest BCUT2D eigenvalue weighted by molar-refractivity contribution is -0.172. The molecule has 0 radical (unpaired) electrons. The van der Waals surface area contributed by atoms with Gasteiger partial charge in [0.2, 0.25) is 5.91 Å². The molecule has 104 valence electrons. The molecule has 1 aromatic carbocycles. The second-order valence-electron chi connectivity index (χ2n) is 4.19. The Morgan fingerprint density at radius 3 is 2.35 bits per heavy atom. The van der Waals surface area contributed by atoms with E-state index >= 15 is 0 Å². The van der Waals surface area contributed by atoms with Gasteiger partial charge in [0.25, 0.3) is 11.8 Å². The first kappa shape index (κ1) is 13.7. The van der Waals surface area contributed by atoms with Crippen molar-refractivity contribution in [3.05, 3.63) is 29.8 Å². The van der Waals surface area contributed by atoms with Crippen LogP contribution >= 0.6 is 0 Å². The van der Waals surface area contributed by atoms with Crippen molar-refractivity contribution in [2.45, 2.75) is 19.8 Å². The molecular formula is C13H12N2O5. The number of anilines is 1. The second-order valence-corrected chi connectivity index (χ2v) is 4.19. The number of imide groups is 1. The number of amides is 3. The average molecular weight is 276 g/mol. The van der Waals surface area contributed by atoms with Crippen LogP contribution in [0.15, 0.2) is 24.3 Å². The van der Waals surface area contributed by atoms with Crippen molar-refractivity contribution < 1.29 is 24.0 Å². The van der Waals surface area contributed by atoms with Crippen LogP contribution in [0.3, 0.4) is 0 Å². The Morgan fingerprint density at radius 1 is 1.15 bits per heavy atom. The third-order valence-corrected chi connectivity index (χ3v) is 2.64. The van der Waals surface area contributed by atoms with Crippen LogP contribution in [-0.4, -0.2) is 28.8 Å². The van der Waals surface area contributed by atoms with Crippen molar-refractivity contribution in [2.24, 2.45) is 0 Å². The third-order valence-electron chi connectivity index (χ3n) is 2.64. The lowest BCUT2D eigenvalue weighted by Gasteiger charge is -2.14. The summed E-state index contributed by atoms with van der Waals surface area (Å²) >= 11 is 0. The number of nitrogens with one attached hydrogen (secondary N) is 1. The van der Waals surface area contributed by atoms with Crippen LogP contribution in [0.5, 0.6) is 0 Å². The minimum Gasteiger partial charge on any atom is -0.326 e. The van der Waals surface area contributed by atoms with Gasteiger partial charge in [-0.3, -0.25) is 14.4 Å². The van der Waals surface area contributed by atoms with Gasteiger partial charge in [-0.1, -0.05) is 12.1 Å². The maximum absolute atomic E-state index is 12.0. The van der Waals surface area contributed by atoms with Crippen LogP contribution in [0, 0.1) is 0 Å². The van der Waals surface area contributed by atoms with Crippen molar-refractivity contribution in [3.8, 4) is 0 Å². The van der Waals surface area contributed by atoms with Crippen LogP contribution in [0.4, 0.5) is 5.69 Å². The number of hydrogen-bond acceptors (Lipinski definition) is 5. The lowest BCUT2D eigenvalue weighted by Crippen LogP contribution is -2.32. The zero-order chi connectivity index (χ0) is 14.7. The molecule has 0 aromatic heterocycles. The van der Waals surface area contributed by atoms with Crippen molar-refractivity contribution >= 4 is 29.4 Å². The number of hydroxylamine groups is 2. The molecule has 0 atom stereocenters. The molecule has 1 fully saturated rings. The Balaban J connectivity index is 2.19. The first-order valence-electron chi connectivity index (χ1n) is 5.93. The number of hydrogen-bond donors (Lipinski definition) is 1. The van der Waals surface area contributed by atoms with E-state index in [0.29, 0.717) is 5.06 Å². The molecule has 1 heterocycles. The molecule has 0 aliphatic carbocycles. The number of nitrogens with zero attached hydrogens (tertiary/aromatic N) is 1. The summed E-state index contributed by atoms with van der Waals surface area (Å²) in [6.07, 6.45) is 0.0545. The van der Waals surface area contributed by atoms with Gasteiger partial charge in [0.1, 0.15) is 0 Å². The largest absolute Gasteiger partial charge is 0.366 e. The summed E-state index contributed by atoms with van der Waals surface area (Å²) in [5.41, 5.74) is 0.319. The van der Waals surface area contributed by atoms with Crippen molar-refractivity contribution in [1.29, 1.82) is 0 Å². The molecule has 7 heteroatoms. The number of carbonyl (C=O) groups is 4. The quantitative estimate of drug-likeness (QED) is 0.827. The number of rotatable bonds is 3. The van der Waals surface area contributed by atoms with E-state index in [1.54, 1.807) is 12.1 Å². The van der Waals surface area contributed by atoms with Crippen molar-refractivity contribution in [3.63, 3.8) is 0 Å². The topological polar surface area (TPSA) is 92.8 Å². The Hall–Kier alpha value is -2.70. The summed E-state index contributed by atoms with van der Waals surface area (Å²) < 4.78 is 0. The lowest BCUT2D eigenvalue weighted by atomic mass is 10.2. The second kappa shape index (κ2) is 5.52. The summed E-state index contributed by atoms with van der Waals surface area (Å²) in [5.74, 6) is -2.34. The zero-order valence-electron chi connectivity index (χ0n) is 10.7. The highest BCUT2D eigenvalue weighted by molar-refractivity contribution is 6.05. The maximum Gasteiger partial charge on any atom is 0.366 e. The molecule has 20 heavy (non-hydrogen) atoms. The number of para-hydroxylation sites is 1. The summed E-state index contributed by atoms with van der Waals surface area (Å²) in [7, 11) is 0. The molecule has 0 spiro atoms. The monoisotopic (exact) mass is 276 g/mol. The maximum atomic E-state index is 12.0. The highest BCUT2D eigenvalue weighted by Crippen LogP contribution is 2.19. The molecule has 2 rings (SSSR count). The van der Waals surface area contributed by atoms with E-state index in [0.717, 1.165) is 0 Å². The first-order chi connectivity index (χ1) is 9.49. The molecule has 1 aromatic rings. The van der Waals surface area contributed by atoms with Crippen LogP contribution in [0.2, 0.25) is 0 Å². The number of benzene rings is 1. The molecule has 1 aliphatic rings. The molecule has 1 aliphatic heterocycles. The van der Waals surface area contributed by atoms with Gasteiger partial charge in [-0.15, -0.1) is 5.06 Å². The highest BCUT2D eigenvalue weighted by Gasteiger charge is 2.33. The molecule has 3 amide bonds. The van der Waals surface area contributed by atoms with Gasteiger partial charge in [-0.2, -0.15) is 0 Å². The number of carbonyl (C=O) groups excluding carboxylic acids is 4. The van der Waals surface area contributed by atoms with E-state index in [1.807, 2.05) is 0 Å². The smallest absolute Gasteiger partial charge is 0.326 e. The van der Waals surface area contributed by atoms with Crippen LogP contribution < -0.4 is 5.32 Å².